The molecule has 2 N–H and O–H groups in total. The van der Waals surface area contributed by atoms with Crippen LogP contribution in [0.25, 0.3) is 0 Å². The van der Waals surface area contributed by atoms with Crippen molar-refractivity contribution in [3.05, 3.63) is 71.8 Å². The monoisotopic (exact) mass is 358 g/mol. The highest BCUT2D eigenvalue weighted by atomic mass is 16.6. The number of aliphatic hydroxyl groups is 1. The Hall–Kier alpha value is -3.52. The lowest BCUT2D eigenvalue weighted by atomic mass is 10.2. The number of esters is 3. The van der Waals surface area contributed by atoms with E-state index in [-0.39, 0.29) is 11.1 Å². The summed E-state index contributed by atoms with van der Waals surface area (Å²) in [5, 5.41) is 18.5. The first-order chi connectivity index (χ1) is 12.4. The normalized spacial score (nSPS) is 12.5. The van der Waals surface area contributed by atoms with Crippen LogP contribution < -0.4 is 0 Å². The van der Waals surface area contributed by atoms with E-state index in [0.717, 1.165) is 0 Å². The zero-order chi connectivity index (χ0) is 19.1. The average Bonchev–Trinajstić information content (AvgIpc) is 2.66. The van der Waals surface area contributed by atoms with E-state index < -0.39 is 36.1 Å². The molecule has 2 aromatic carbocycles. The Morgan fingerprint density at radius 1 is 0.769 bits per heavy atom. The van der Waals surface area contributed by atoms with Gasteiger partial charge >= 0.3 is 23.9 Å². The SMILES string of the molecule is O=C(OC(=O)C(OC(=O)c1ccccc1)C(O)C(=O)O)c1ccccc1. The van der Waals surface area contributed by atoms with Crippen molar-refractivity contribution in [3.8, 4) is 0 Å². The van der Waals surface area contributed by atoms with Gasteiger partial charge in [-0.05, 0) is 24.3 Å². The molecule has 0 aliphatic heterocycles. The van der Waals surface area contributed by atoms with Crippen LogP contribution in [0.1, 0.15) is 20.7 Å². The van der Waals surface area contributed by atoms with Crippen molar-refractivity contribution in [3.63, 3.8) is 0 Å². The number of rotatable bonds is 6. The number of carbonyl (C=O) groups is 4. The highest BCUT2D eigenvalue weighted by Gasteiger charge is 2.38. The summed E-state index contributed by atoms with van der Waals surface area (Å²) in [4.78, 5) is 47.0. The molecular weight excluding hydrogens is 344 g/mol. The molecule has 0 saturated heterocycles. The van der Waals surface area contributed by atoms with Gasteiger partial charge in [0.2, 0.25) is 6.10 Å². The molecule has 0 saturated carbocycles. The number of carboxylic acid groups (broad SMARTS) is 1. The van der Waals surface area contributed by atoms with Gasteiger partial charge in [0.25, 0.3) is 0 Å². The third kappa shape index (κ3) is 4.74. The van der Waals surface area contributed by atoms with Gasteiger partial charge in [-0.25, -0.2) is 19.2 Å². The van der Waals surface area contributed by atoms with Crippen molar-refractivity contribution in [2.24, 2.45) is 0 Å². The van der Waals surface area contributed by atoms with Crippen LogP contribution in [0.15, 0.2) is 60.7 Å². The molecule has 0 aliphatic carbocycles. The van der Waals surface area contributed by atoms with Crippen molar-refractivity contribution < 1.29 is 38.9 Å². The fourth-order valence-corrected chi connectivity index (χ4v) is 1.91. The van der Waals surface area contributed by atoms with E-state index >= 15 is 0 Å². The van der Waals surface area contributed by atoms with Crippen LogP contribution in [0.5, 0.6) is 0 Å². The predicted molar refractivity (Wildman–Crippen MR) is 86.2 cm³/mol. The van der Waals surface area contributed by atoms with E-state index in [9.17, 15) is 24.3 Å². The first kappa shape index (κ1) is 18.8. The molecule has 0 aliphatic rings. The van der Waals surface area contributed by atoms with Crippen molar-refractivity contribution in [2.75, 3.05) is 0 Å². The number of ether oxygens (including phenoxy) is 2. The van der Waals surface area contributed by atoms with Crippen molar-refractivity contribution in [1.82, 2.24) is 0 Å². The number of hydrogen-bond acceptors (Lipinski definition) is 7. The first-order valence-electron chi connectivity index (χ1n) is 7.38. The largest absolute Gasteiger partial charge is 0.479 e. The van der Waals surface area contributed by atoms with Crippen LogP contribution in [-0.2, 0) is 19.1 Å². The predicted octanol–water partition coefficient (Wildman–Crippen LogP) is 1.04. The molecule has 2 atom stereocenters. The standard InChI is InChI=1S/C18H14O8/c19-13(15(20)21)14(25-16(22)11-7-3-1-4-8-11)18(24)26-17(23)12-9-5-2-6-10-12/h1-10,13-14,19H,(H,20,21). The van der Waals surface area contributed by atoms with Gasteiger partial charge < -0.3 is 19.7 Å². The third-order valence-electron chi connectivity index (χ3n) is 3.22. The molecule has 2 aromatic rings. The summed E-state index contributed by atoms with van der Waals surface area (Å²) in [5.41, 5.74) is 0.0519. The number of benzene rings is 2. The van der Waals surface area contributed by atoms with Crippen LogP contribution in [0.3, 0.4) is 0 Å². The molecule has 0 radical (unpaired) electrons. The molecule has 0 spiro atoms. The number of hydrogen-bond donors (Lipinski definition) is 2. The lowest BCUT2D eigenvalue weighted by molar-refractivity contribution is -0.166. The second-order valence-corrected chi connectivity index (χ2v) is 5.05. The molecule has 2 unspecified atom stereocenters. The van der Waals surface area contributed by atoms with Crippen molar-refractivity contribution in [1.29, 1.82) is 0 Å². The minimum atomic E-state index is -2.40. The van der Waals surface area contributed by atoms with Crippen molar-refractivity contribution >= 4 is 23.9 Å². The number of carbonyl (C=O) groups excluding carboxylic acids is 3. The van der Waals surface area contributed by atoms with Gasteiger partial charge in [-0.15, -0.1) is 0 Å². The van der Waals surface area contributed by atoms with E-state index in [4.69, 9.17) is 9.84 Å². The zero-order valence-electron chi connectivity index (χ0n) is 13.3. The fraction of sp³-hybridized carbons (Fsp3) is 0.111. The van der Waals surface area contributed by atoms with Gasteiger partial charge in [-0.1, -0.05) is 36.4 Å². The van der Waals surface area contributed by atoms with Gasteiger partial charge in [0.1, 0.15) is 0 Å². The third-order valence-corrected chi connectivity index (χ3v) is 3.22. The summed E-state index contributed by atoms with van der Waals surface area (Å²) in [5.74, 6) is -5.45. The summed E-state index contributed by atoms with van der Waals surface area (Å²) < 4.78 is 9.29. The molecule has 26 heavy (non-hydrogen) atoms. The molecular formula is C18H14O8. The molecule has 0 aromatic heterocycles. The van der Waals surface area contributed by atoms with Crippen LogP contribution in [0.4, 0.5) is 0 Å². The van der Waals surface area contributed by atoms with Crippen LogP contribution in [-0.4, -0.2) is 46.3 Å². The topological polar surface area (TPSA) is 127 Å². The van der Waals surface area contributed by atoms with Crippen LogP contribution in [0.2, 0.25) is 0 Å². The Balaban J connectivity index is 2.16. The minimum absolute atomic E-state index is 0.0253. The van der Waals surface area contributed by atoms with Gasteiger partial charge in [-0.3, -0.25) is 0 Å². The Morgan fingerprint density at radius 3 is 1.69 bits per heavy atom. The molecule has 8 heteroatoms. The smallest absolute Gasteiger partial charge is 0.358 e. The van der Waals surface area contributed by atoms with E-state index in [1.807, 2.05) is 0 Å². The maximum atomic E-state index is 12.1. The molecule has 8 nitrogen and oxygen atoms in total. The quantitative estimate of drug-likeness (QED) is 0.579. The zero-order valence-corrected chi connectivity index (χ0v) is 13.3. The Morgan fingerprint density at radius 2 is 1.23 bits per heavy atom. The molecule has 0 fully saturated rings. The Bertz CT molecular complexity index is 800. The van der Waals surface area contributed by atoms with E-state index in [2.05, 4.69) is 4.74 Å². The molecule has 2 rings (SSSR count). The first-order valence-corrected chi connectivity index (χ1v) is 7.38. The maximum absolute atomic E-state index is 12.1. The average molecular weight is 358 g/mol. The Kier molecular flexibility index (Phi) is 6.18. The summed E-state index contributed by atoms with van der Waals surface area (Å²) in [6.07, 6.45) is -4.62. The minimum Gasteiger partial charge on any atom is -0.479 e. The number of carboxylic acids is 1. The van der Waals surface area contributed by atoms with E-state index in [1.54, 1.807) is 12.1 Å². The van der Waals surface area contributed by atoms with Gasteiger partial charge in [0, 0.05) is 0 Å². The van der Waals surface area contributed by atoms with Crippen molar-refractivity contribution in [2.45, 2.75) is 12.2 Å². The van der Waals surface area contributed by atoms with E-state index in [0.29, 0.717) is 0 Å². The summed E-state index contributed by atoms with van der Waals surface area (Å²) in [6.45, 7) is 0. The summed E-state index contributed by atoms with van der Waals surface area (Å²) in [7, 11) is 0. The van der Waals surface area contributed by atoms with Crippen LogP contribution >= 0.6 is 0 Å². The lowest BCUT2D eigenvalue weighted by Gasteiger charge is -2.18. The number of aliphatic carboxylic acids is 1. The Labute approximate surface area is 147 Å². The van der Waals surface area contributed by atoms with Gasteiger partial charge in [0.05, 0.1) is 11.1 Å². The highest BCUT2D eigenvalue weighted by molar-refractivity contribution is 6.00. The fourth-order valence-electron chi connectivity index (χ4n) is 1.91. The second kappa shape index (κ2) is 8.54. The maximum Gasteiger partial charge on any atom is 0.358 e. The highest BCUT2D eigenvalue weighted by Crippen LogP contribution is 2.11. The van der Waals surface area contributed by atoms with Gasteiger partial charge in [-0.2, -0.15) is 0 Å². The van der Waals surface area contributed by atoms with Crippen LogP contribution in [0, 0.1) is 0 Å². The molecule has 134 valence electrons. The van der Waals surface area contributed by atoms with E-state index in [1.165, 1.54) is 48.5 Å². The summed E-state index contributed by atoms with van der Waals surface area (Å²) >= 11 is 0. The molecule has 0 heterocycles. The second-order valence-electron chi connectivity index (χ2n) is 5.05. The number of aliphatic hydroxyl groups excluding tert-OH is 1. The molecule has 0 amide bonds. The van der Waals surface area contributed by atoms with Gasteiger partial charge in [0.15, 0.2) is 6.10 Å². The lowest BCUT2D eigenvalue weighted by Crippen LogP contribution is -2.44. The summed E-state index contributed by atoms with van der Waals surface area (Å²) in [6, 6.07) is 14.8. The molecule has 0 bridgehead atoms.